The normalized spacial score (nSPS) is 10.9. The van der Waals surface area contributed by atoms with Crippen molar-refractivity contribution in [1.29, 1.82) is 0 Å². The summed E-state index contributed by atoms with van der Waals surface area (Å²) >= 11 is 0. The van der Waals surface area contributed by atoms with Gasteiger partial charge in [-0.1, -0.05) is 12.2 Å². The van der Waals surface area contributed by atoms with E-state index in [0.29, 0.717) is 5.84 Å². The first-order chi connectivity index (χ1) is 4.54. The molecule has 0 rings (SSSR count). The molecule has 0 bridgehead atoms. The van der Waals surface area contributed by atoms with E-state index in [4.69, 9.17) is 5.73 Å². The topological polar surface area (TPSA) is 38.4 Å². The molecule has 0 unspecified atom stereocenters. The van der Waals surface area contributed by atoms with Crippen molar-refractivity contribution in [3.8, 4) is 0 Å². The third-order valence-electron chi connectivity index (χ3n) is 0.899. The average Bonchev–Trinajstić information content (AvgIpc) is 1.82. The van der Waals surface area contributed by atoms with Gasteiger partial charge in [0, 0.05) is 6.20 Å². The number of aliphatic imine (C=N–C) groups is 1. The molecule has 0 fully saturated rings. The van der Waals surface area contributed by atoms with Gasteiger partial charge in [0.15, 0.2) is 0 Å². The Morgan fingerprint density at radius 1 is 1.40 bits per heavy atom. The van der Waals surface area contributed by atoms with Crippen LogP contribution in [0.25, 0.3) is 0 Å². The fourth-order valence-corrected chi connectivity index (χ4v) is 0.309. The van der Waals surface area contributed by atoms with Gasteiger partial charge in [0.05, 0.1) is 0 Å². The van der Waals surface area contributed by atoms with E-state index in [1.165, 1.54) is 0 Å². The fourth-order valence-electron chi connectivity index (χ4n) is 0.309. The highest BCUT2D eigenvalue weighted by Crippen LogP contribution is 1.92. The average molecular weight is 138 g/mol. The maximum atomic E-state index is 5.47. The molecule has 56 valence electrons. The van der Waals surface area contributed by atoms with Crippen molar-refractivity contribution in [3.63, 3.8) is 0 Å². The molecule has 2 nitrogen and oxygen atoms in total. The Balaban J connectivity index is 4.19. The quantitative estimate of drug-likeness (QED) is 0.459. The SMILES string of the molecule is C=C(C)/C(N)=N\C=C(C)C. The minimum Gasteiger partial charge on any atom is -0.384 e. The summed E-state index contributed by atoms with van der Waals surface area (Å²) in [6.07, 6.45) is 1.73. The molecule has 0 spiro atoms. The van der Waals surface area contributed by atoms with Crippen molar-refractivity contribution in [1.82, 2.24) is 0 Å². The molecule has 0 amide bonds. The lowest BCUT2D eigenvalue weighted by Gasteiger charge is -1.93. The third-order valence-corrected chi connectivity index (χ3v) is 0.899. The van der Waals surface area contributed by atoms with Gasteiger partial charge in [-0.05, 0) is 26.3 Å². The number of hydrogen-bond donors (Lipinski definition) is 1. The van der Waals surface area contributed by atoms with E-state index < -0.39 is 0 Å². The highest BCUT2D eigenvalue weighted by molar-refractivity contribution is 5.96. The van der Waals surface area contributed by atoms with Crippen LogP contribution in [0, 0.1) is 0 Å². The zero-order valence-electron chi connectivity index (χ0n) is 6.81. The van der Waals surface area contributed by atoms with Gasteiger partial charge in [-0.15, -0.1) is 0 Å². The zero-order chi connectivity index (χ0) is 8.15. The second kappa shape index (κ2) is 3.88. The minimum atomic E-state index is 0.501. The summed E-state index contributed by atoms with van der Waals surface area (Å²) in [6.45, 7) is 9.41. The van der Waals surface area contributed by atoms with Crippen LogP contribution >= 0.6 is 0 Å². The van der Waals surface area contributed by atoms with Crippen molar-refractivity contribution in [3.05, 3.63) is 23.9 Å². The minimum absolute atomic E-state index is 0.501. The van der Waals surface area contributed by atoms with Crippen molar-refractivity contribution in [2.45, 2.75) is 20.8 Å². The van der Waals surface area contributed by atoms with Gasteiger partial charge >= 0.3 is 0 Å². The van der Waals surface area contributed by atoms with Gasteiger partial charge < -0.3 is 5.73 Å². The highest BCUT2D eigenvalue weighted by Gasteiger charge is 1.87. The Hall–Kier alpha value is -1.05. The molecule has 0 atom stereocenters. The zero-order valence-corrected chi connectivity index (χ0v) is 6.81. The summed E-state index contributed by atoms with van der Waals surface area (Å²) in [5, 5.41) is 0. The third kappa shape index (κ3) is 3.89. The second-order valence-corrected chi connectivity index (χ2v) is 2.50. The van der Waals surface area contributed by atoms with Crippen LogP contribution in [0.15, 0.2) is 28.9 Å². The van der Waals surface area contributed by atoms with Crippen molar-refractivity contribution in [2.24, 2.45) is 10.7 Å². The molecule has 0 heterocycles. The molecule has 0 aliphatic rings. The molecule has 0 saturated carbocycles. The predicted molar refractivity (Wildman–Crippen MR) is 45.9 cm³/mol. The number of rotatable bonds is 2. The molecular formula is C8H14N2. The molecule has 0 aliphatic heterocycles. The lowest BCUT2D eigenvalue weighted by Crippen LogP contribution is -2.11. The molecule has 0 saturated heterocycles. The van der Waals surface area contributed by atoms with E-state index >= 15 is 0 Å². The molecule has 0 aliphatic carbocycles. The van der Waals surface area contributed by atoms with Crippen LogP contribution in [0.3, 0.4) is 0 Å². The van der Waals surface area contributed by atoms with Gasteiger partial charge in [-0.25, -0.2) is 4.99 Å². The Morgan fingerprint density at radius 3 is 2.20 bits per heavy atom. The molecule has 0 aromatic heterocycles. The highest BCUT2D eigenvalue weighted by atomic mass is 14.8. The van der Waals surface area contributed by atoms with E-state index in [1.54, 1.807) is 6.20 Å². The number of hydrogen-bond acceptors (Lipinski definition) is 1. The number of nitrogens with two attached hydrogens (primary N) is 1. The summed E-state index contributed by atoms with van der Waals surface area (Å²) in [5.74, 6) is 0.501. The van der Waals surface area contributed by atoms with Gasteiger partial charge in [-0.2, -0.15) is 0 Å². The van der Waals surface area contributed by atoms with Crippen LogP contribution in [0.4, 0.5) is 0 Å². The maximum absolute atomic E-state index is 5.47. The van der Waals surface area contributed by atoms with Crippen molar-refractivity contribution >= 4 is 5.84 Å². The number of allylic oxidation sites excluding steroid dienone is 1. The Bertz CT molecular complexity index is 183. The van der Waals surface area contributed by atoms with Gasteiger partial charge in [0.2, 0.25) is 0 Å². The molecule has 10 heavy (non-hydrogen) atoms. The van der Waals surface area contributed by atoms with Crippen molar-refractivity contribution in [2.75, 3.05) is 0 Å². The number of nitrogens with zero attached hydrogens (tertiary/aromatic N) is 1. The predicted octanol–water partition coefficient (Wildman–Crippen LogP) is 1.84. The van der Waals surface area contributed by atoms with E-state index in [9.17, 15) is 0 Å². The Morgan fingerprint density at radius 2 is 1.90 bits per heavy atom. The standard InChI is InChI=1S/C8H14N2/c1-6(2)5-10-8(9)7(3)4/h5H,3H2,1-2,4H3,(H2,9,10). The Kier molecular flexibility index (Phi) is 3.47. The van der Waals surface area contributed by atoms with Gasteiger partial charge in [-0.3, -0.25) is 0 Å². The second-order valence-electron chi connectivity index (χ2n) is 2.50. The number of amidine groups is 1. The van der Waals surface area contributed by atoms with E-state index in [-0.39, 0.29) is 0 Å². The molecular weight excluding hydrogens is 124 g/mol. The molecule has 2 N–H and O–H groups in total. The molecule has 0 aromatic rings. The van der Waals surface area contributed by atoms with E-state index in [1.807, 2.05) is 20.8 Å². The monoisotopic (exact) mass is 138 g/mol. The first kappa shape index (κ1) is 8.95. The largest absolute Gasteiger partial charge is 0.384 e. The molecule has 0 aromatic carbocycles. The van der Waals surface area contributed by atoms with Crippen molar-refractivity contribution < 1.29 is 0 Å². The first-order valence-corrected chi connectivity index (χ1v) is 3.16. The van der Waals surface area contributed by atoms with Gasteiger partial charge in [0.25, 0.3) is 0 Å². The summed E-state index contributed by atoms with van der Waals surface area (Å²) in [7, 11) is 0. The van der Waals surface area contributed by atoms with Crippen LogP contribution in [0.2, 0.25) is 0 Å². The van der Waals surface area contributed by atoms with Crippen LogP contribution in [-0.4, -0.2) is 5.84 Å². The van der Waals surface area contributed by atoms with Gasteiger partial charge in [0.1, 0.15) is 5.84 Å². The Labute approximate surface area is 62.1 Å². The maximum Gasteiger partial charge on any atom is 0.125 e. The summed E-state index contributed by atoms with van der Waals surface area (Å²) < 4.78 is 0. The van der Waals surface area contributed by atoms with Crippen LogP contribution < -0.4 is 5.73 Å². The van der Waals surface area contributed by atoms with Crippen LogP contribution in [0.5, 0.6) is 0 Å². The lowest BCUT2D eigenvalue weighted by atomic mass is 10.3. The van der Waals surface area contributed by atoms with Crippen LogP contribution in [0.1, 0.15) is 20.8 Å². The molecule has 2 heteroatoms. The van der Waals surface area contributed by atoms with Crippen LogP contribution in [-0.2, 0) is 0 Å². The summed E-state index contributed by atoms with van der Waals surface area (Å²) in [6, 6.07) is 0. The van der Waals surface area contributed by atoms with E-state index in [2.05, 4.69) is 11.6 Å². The molecule has 0 radical (unpaired) electrons. The first-order valence-electron chi connectivity index (χ1n) is 3.16. The lowest BCUT2D eigenvalue weighted by molar-refractivity contribution is 1.32. The van der Waals surface area contributed by atoms with E-state index in [0.717, 1.165) is 11.1 Å². The fraction of sp³-hybridized carbons (Fsp3) is 0.375. The summed E-state index contributed by atoms with van der Waals surface area (Å²) in [5.41, 5.74) is 7.40. The smallest absolute Gasteiger partial charge is 0.125 e. The summed E-state index contributed by atoms with van der Waals surface area (Å²) in [4.78, 5) is 3.96.